The van der Waals surface area contributed by atoms with Crippen molar-refractivity contribution in [2.75, 3.05) is 32.7 Å². The fourth-order valence-corrected chi connectivity index (χ4v) is 8.00. The summed E-state index contributed by atoms with van der Waals surface area (Å²) < 4.78 is 90.2. The van der Waals surface area contributed by atoms with E-state index in [4.69, 9.17) is 0 Å². The van der Waals surface area contributed by atoms with E-state index < -0.39 is 23.5 Å². The highest BCUT2D eigenvalue weighted by Gasteiger charge is 2.40. The Labute approximate surface area is 347 Å². The summed E-state index contributed by atoms with van der Waals surface area (Å²) in [5.74, 6) is -0.591. The number of carbonyl (C=O) groups excluding carboxylic acids is 2. The van der Waals surface area contributed by atoms with Crippen LogP contribution in [-0.4, -0.2) is 24.9 Å². The van der Waals surface area contributed by atoms with Gasteiger partial charge in [0.15, 0.2) is 0 Å². The normalized spacial score (nSPS) is 15.3. The van der Waals surface area contributed by atoms with Gasteiger partial charge in [0.05, 0.1) is 45.3 Å². The number of anilines is 8. The number of hydrogen-bond donors (Lipinski definition) is 0. The number of para-hydroxylation sites is 2. The van der Waals surface area contributed by atoms with Gasteiger partial charge in [0.2, 0.25) is 11.8 Å². The zero-order chi connectivity index (χ0) is 43.4. The molecule has 6 nitrogen and oxygen atoms in total. The number of amides is 2. The van der Waals surface area contributed by atoms with Gasteiger partial charge in [-0.2, -0.15) is 26.3 Å². The van der Waals surface area contributed by atoms with E-state index in [-0.39, 0.29) is 82.7 Å². The Morgan fingerprint density at radius 3 is 1.08 bits per heavy atom. The number of nitrogens with zero attached hydrogens (tertiary/aromatic N) is 4. The quantitative estimate of drug-likeness (QED) is 0.146. The highest BCUT2D eigenvalue weighted by molar-refractivity contribution is 6.07. The molecule has 314 valence electrons. The van der Waals surface area contributed by atoms with Crippen LogP contribution in [0.4, 0.5) is 71.8 Å². The van der Waals surface area contributed by atoms with Gasteiger partial charge >= 0.3 is 12.4 Å². The minimum absolute atomic E-state index is 0.149. The van der Waals surface area contributed by atoms with Gasteiger partial charge in [-0.3, -0.25) is 9.59 Å². The van der Waals surface area contributed by atoms with Gasteiger partial charge in [0.25, 0.3) is 0 Å². The molecule has 0 radical (unpaired) electrons. The highest BCUT2D eigenvalue weighted by atomic mass is 19.4. The molecule has 0 N–H and O–H groups in total. The van der Waals surface area contributed by atoms with Crippen LogP contribution >= 0.6 is 0 Å². The molecule has 2 aliphatic heterocycles. The molecule has 0 aliphatic carbocycles. The Morgan fingerprint density at radius 2 is 0.800 bits per heavy atom. The average Bonchev–Trinajstić information content (AvgIpc) is 3.82. The Kier molecular flexibility index (Phi) is 11.1. The second-order valence-corrected chi connectivity index (χ2v) is 17.4. The summed E-state index contributed by atoms with van der Waals surface area (Å²) in [4.78, 5) is 33.5. The summed E-state index contributed by atoms with van der Waals surface area (Å²) >= 11 is 0. The van der Waals surface area contributed by atoms with E-state index in [1.807, 2.05) is 65.8 Å². The second-order valence-electron chi connectivity index (χ2n) is 17.4. The molecule has 2 heterocycles. The summed E-state index contributed by atoms with van der Waals surface area (Å²) in [6.07, 6.45) is -8.36. The summed E-state index contributed by atoms with van der Waals surface area (Å²) in [7, 11) is 0. The molecule has 0 atom stereocenters. The first-order valence-corrected chi connectivity index (χ1v) is 20.1. The first kappa shape index (κ1) is 42.3. The lowest BCUT2D eigenvalue weighted by Crippen LogP contribution is -2.30. The molecule has 5 aromatic rings. The van der Waals surface area contributed by atoms with Crippen molar-refractivity contribution in [3.8, 4) is 0 Å². The van der Waals surface area contributed by atoms with E-state index in [2.05, 4.69) is 0 Å². The molecule has 2 fully saturated rings. The highest BCUT2D eigenvalue weighted by Crippen LogP contribution is 2.54. The fourth-order valence-electron chi connectivity index (χ4n) is 8.00. The molecule has 2 aliphatic rings. The van der Waals surface area contributed by atoms with Crippen molar-refractivity contribution in [3.05, 3.63) is 131 Å². The molecule has 0 unspecified atom stereocenters. The van der Waals surface area contributed by atoms with E-state index in [0.717, 1.165) is 23.3 Å². The lowest BCUT2D eigenvalue weighted by molar-refractivity contribution is -0.137. The number of rotatable bonds is 8. The molecule has 7 rings (SSSR count). The van der Waals surface area contributed by atoms with Crippen LogP contribution in [0, 0.1) is 0 Å². The van der Waals surface area contributed by atoms with E-state index in [1.165, 1.54) is 56.0 Å². The van der Waals surface area contributed by atoms with Crippen LogP contribution in [0.3, 0.4) is 0 Å². The Hall–Kier alpha value is -5.78. The largest absolute Gasteiger partial charge is 0.418 e. The zero-order valence-electron chi connectivity index (χ0n) is 34.5. The van der Waals surface area contributed by atoms with Crippen molar-refractivity contribution in [1.82, 2.24) is 0 Å². The standard InChI is InChI=1S/C48H48F6N4O2/c1-45(2,3)31-19-23-33(24-20-31)57(37-15-9-7-13-35(37)47(49,50)51)41-29-40(56-28-12-18-44(56)60)42(30-39(41)55-27-11-17-43(55)59)58(34-25-21-32(22-26-34)46(4,5)6)38-16-10-8-14-36(38)48(52,53)54/h7-10,13-16,19-26,29-30H,11-12,17-18,27-28H2,1-6H3. The number of carbonyl (C=O) groups is 2. The van der Waals surface area contributed by atoms with Gasteiger partial charge < -0.3 is 19.6 Å². The Balaban J connectivity index is 1.61. The van der Waals surface area contributed by atoms with Crippen LogP contribution in [0.1, 0.15) is 89.5 Å². The fraction of sp³-hybridized carbons (Fsp3) is 0.333. The maximum atomic E-state index is 15.0. The van der Waals surface area contributed by atoms with Crippen LogP contribution in [0.2, 0.25) is 0 Å². The van der Waals surface area contributed by atoms with Gasteiger partial charge in [0.1, 0.15) is 0 Å². The molecule has 0 saturated carbocycles. The molecule has 2 amide bonds. The van der Waals surface area contributed by atoms with E-state index in [0.29, 0.717) is 24.2 Å². The number of halogens is 6. The van der Waals surface area contributed by atoms with Crippen molar-refractivity contribution in [3.63, 3.8) is 0 Å². The zero-order valence-corrected chi connectivity index (χ0v) is 34.5. The molecule has 0 bridgehead atoms. The van der Waals surface area contributed by atoms with Crippen LogP contribution < -0.4 is 19.6 Å². The van der Waals surface area contributed by atoms with Crippen molar-refractivity contribution >= 4 is 57.3 Å². The van der Waals surface area contributed by atoms with Crippen LogP contribution in [-0.2, 0) is 32.8 Å². The van der Waals surface area contributed by atoms with Crippen molar-refractivity contribution in [2.45, 2.75) is 90.4 Å². The van der Waals surface area contributed by atoms with Gasteiger partial charge in [0, 0.05) is 37.3 Å². The molecular formula is C48H48F6N4O2. The summed E-state index contributed by atoms with van der Waals surface area (Å²) in [6, 6.07) is 27.7. The molecule has 12 heteroatoms. The Bertz CT molecular complexity index is 2220. The maximum absolute atomic E-state index is 15.0. The second kappa shape index (κ2) is 15.7. The first-order valence-electron chi connectivity index (χ1n) is 20.1. The van der Waals surface area contributed by atoms with Crippen molar-refractivity contribution in [1.29, 1.82) is 0 Å². The predicted molar refractivity (Wildman–Crippen MR) is 226 cm³/mol. The topological polar surface area (TPSA) is 47.1 Å². The lowest BCUT2D eigenvalue weighted by Gasteiger charge is -2.37. The van der Waals surface area contributed by atoms with E-state index in [9.17, 15) is 9.59 Å². The smallest absolute Gasteiger partial charge is 0.310 e. The SMILES string of the molecule is CC(C)(C)c1ccc(N(c2cc(N3CCCC3=O)c(N(c3ccc(C(C)(C)C)cc3)c3ccccc3C(F)(F)F)cc2N2CCCC2=O)c2ccccc2C(F)(F)F)cc1. The average molecular weight is 827 g/mol. The van der Waals surface area contributed by atoms with Crippen LogP contribution in [0.5, 0.6) is 0 Å². The van der Waals surface area contributed by atoms with E-state index in [1.54, 1.807) is 36.4 Å². The molecule has 0 spiro atoms. The number of hydrogen-bond acceptors (Lipinski definition) is 4. The molecular weight excluding hydrogens is 779 g/mol. The van der Waals surface area contributed by atoms with Crippen molar-refractivity contribution in [2.24, 2.45) is 0 Å². The monoisotopic (exact) mass is 826 g/mol. The van der Waals surface area contributed by atoms with Gasteiger partial charge in [-0.25, -0.2) is 0 Å². The summed E-state index contributed by atoms with van der Waals surface area (Å²) in [5.41, 5.74) is 0.298. The summed E-state index contributed by atoms with van der Waals surface area (Å²) in [5, 5.41) is 0. The number of alkyl halides is 6. The predicted octanol–water partition coefficient (Wildman–Crippen LogP) is 13.5. The van der Waals surface area contributed by atoms with Gasteiger partial charge in [-0.05, 0) is 95.5 Å². The summed E-state index contributed by atoms with van der Waals surface area (Å²) in [6.45, 7) is 12.6. The minimum atomic E-state index is -4.80. The molecule has 5 aromatic carbocycles. The van der Waals surface area contributed by atoms with Gasteiger partial charge in [-0.1, -0.05) is 90.1 Å². The maximum Gasteiger partial charge on any atom is 0.418 e. The lowest BCUT2D eigenvalue weighted by atomic mass is 9.87. The third-order valence-electron chi connectivity index (χ3n) is 11.2. The van der Waals surface area contributed by atoms with Crippen LogP contribution in [0.25, 0.3) is 0 Å². The van der Waals surface area contributed by atoms with Crippen LogP contribution in [0.15, 0.2) is 109 Å². The minimum Gasteiger partial charge on any atom is -0.310 e. The Morgan fingerprint density at radius 1 is 0.467 bits per heavy atom. The van der Waals surface area contributed by atoms with E-state index >= 15 is 26.3 Å². The molecule has 0 aromatic heterocycles. The molecule has 2 saturated heterocycles. The molecule has 60 heavy (non-hydrogen) atoms. The third kappa shape index (κ3) is 8.33. The first-order chi connectivity index (χ1) is 28.1. The van der Waals surface area contributed by atoms with Gasteiger partial charge in [-0.15, -0.1) is 0 Å². The van der Waals surface area contributed by atoms with Crippen molar-refractivity contribution < 1.29 is 35.9 Å². The third-order valence-corrected chi connectivity index (χ3v) is 11.2. The number of benzene rings is 5.